The lowest BCUT2D eigenvalue weighted by molar-refractivity contribution is 0.157. The second kappa shape index (κ2) is 5.23. The number of ether oxygens (including phenoxy) is 1. The molecule has 0 aliphatic heterocycles. The van der Waals surface area contributed by atoms with Crippen LogP contribution in [-0.2, 0) is 4.74 Å². The largest absolute Gasteiger partial charge is 0.453 e. The fraction of sp³-hybridized carbons (Fsp3) is 0.909. The van der Waals surface area contributed by atoms with Crippen LogP contribution in [0.15, 0.2) is 0 Å². The van der Waals surface area contributed by atoms with Crippen molar-refractivity contribution in [1.29, 1.82) is 0 Å². The van der Waals surface area contributed by atoms with Gasteiger partial charge >= 0.3 is 6.09 Å². The average molecular weight is 199 g/mol. The quantitative estimate of drug-likeness (QED) is 0.742. The molecule has 3 heteroatoms. The number of nitrogens with one attached hydrogen (secondary N) is 1. The summed E-state index contributed by atoms with van der Waals surface area (Å²) in [5.41, 5.74) is 0. The van der Waals surface area contributed by atoms with Crippen molar-refractivity contribution in [3.05, 3.63) is 0 Å². The van der Waals surface area contributed by atoms with Crippen molar-refractivity contribution in [2.24, 2.45) is 11.8 Å². The zero-order valence-electron chi connectivity index (χ0n) is 9.38. The predicted octanol–water partition coefficient (Wildman–Crippen LogP) is 2.56. The maximum atomic E-state index is 11.0. The Morgan fingerprint density at radius 1 is 1.29 bits per heavy atom. The highest BCUT2D eigenvalue weighted by molar-refractivity contribution is 5.67. The zero-order chi connectivity index (χ0) is 10.6. The summed E-state index contributed by atoms with van der Waals surface area (Å²) in [4.78, 5) is 11.0. The van der Waals surface area contributed by atoms with E-state index in [2.05, 4.69) is 23.9 Å². The number of methoxy groups -OCH3 is 1. The van der Waals surface area contributed by atoms with Crippen LogP contribution in [0.4, 0.5) is 4.79 Å². The minimum absolute atomic E-state index is 0.294. The first-order valence-corrected chi connectivity index (χ1v) is 5.48. The smallest absolute Gasteiger partial charge is 0.407 e. The molecule has 0 saturated heterocycles. The van der Waals surface area contributed by atoms with E-state index in [4.69, 9.17) is 0 Å². The molecule has 1 rings (SSSR count). The molecule has 0 bridgehead atoms. The normalized spacial score (nSPS) is 27.4. The molecular formula is C11H21NO2. The summed E-state index contributed by atoms with van der Waals surface area (Å²) >= 11 is 0. The van der Waals surface area contributed by atoms with Crippen LogP contribution < -0.4 is 5.32 Å². The fourth-order valence-electron chi connectivity index (χ4n) is 2.16. The molecule has 1 amide bonds. The van der Waals surface area contributed by atoms with Gasteiger partial charge in [-0.1, -0.05) is 13.8 Å². The van der Waals surface area contributed by atoms with Crippen LogP contribution in [0, 0.1) is 11.8 Å². The number of carbonyl (C=O) groups excluding carboxylic acids is 1. The Balaban J connectivity index is 2.25. The van der Waals surface area contributed by atoms with E-state index in [0.29, 0.717) is 6.04 Å². The summed E-state index contributed by atoms with van der Waals surface area (Å²) in [6.07, 6.45) is 4.35. The van der Waals surface area contributed by atoms with Crippen molar-refractivity contribution in [3.8, 4) is 0 Å². The molecule has 0 radical (unpaired) electrons. The van der Waals surface area contributed by atoms with Crippen LogP contribution in [0.3, 0.4) is 0 Å². The van der Waals surface area contributed by atoms with Gasteiger partial charge in [0.25, 0.3) is 0 Å². The monoisotopic (exact) mass is 199 g/mol. The maximum absolute atomic E-state index is 11.0. The van der Waals surface area contributed by atoms with Crippen LogP contribution in [0.2, 0.25) is 0 Å². The van der Waals surface area contributed by atoms with Crippen LogP contribution in [0.1, 0.15) is 39.5 Å². The third-order valence-corrected chi connectivity index (χ3v) is 3.22. The van der Waals surface area contributed by atoms with Gasteiger partial charge in [0.2, 0.25) is 0 Å². The standard InChI is InChI=1S/C11H21NO2/c1-8(2)9-4-6-10(7-5-9)12-11(13)14-3/h8-10H,4-7H2,1-3H3,(H,12,13)/t9-,10-. The van der Waals surface area contributed by atoms with Gasteiger partial charge in [-0.3, -0.25) is 0 Å². The Morgan fingerprint density at radius 3 is 2.29 bits per heavy atom. The van der Waals surface area contributed by atoms with Gasteiger partial charge < -0.3 is 10.1 Å². The first-order chi connectivity index (χ1) is 6.63. The van der Waals surface area contributed by atoms with Crippen molar-refractivity contribution in [2.45, 2.75) is 45.6 Å². The molecule has 1 N–H and O–H groups in total. The molecule has 0 atom stereocenters. The minimum Gasteiger partial charge on any atom is -0.453 e. The van der Waals surface area contributed by atoms with Gasteiger partial charge in [-0.15, -0.1) is 0 Å². The van der Waals surface area contributed by atoms with E-state index in [1.165, 1.54) is 20.0 Å². The van der Waals surface area contributed by atoms with Crippen molar-refractivity contribution in [1.82, 2.24) is 5.32 Å². The number of hydrogen-bond donors (Lipinski definition) is 1. The summed E-state index contributed by atoms with van der Waals surface area (Å²) in [5, 5.41) is 2.87. The highest BCUT2D eigenvalue weighted by atomic mass is 16.5. The van der Waals surface area contributed by atoms with Gasteiger partial charge in [-0.25, -0.2) is 4.79 Å². The zero-order valence-corrected chi connectivity index (χ0v) is 9.38. The van der Waals surface area contributed by atoms with Crippen molar-refractivity contribution in [3.63, 3.8) is 0 Å². The molecule has 0 spiro atoms. The molecule has 0 aromatic rings. The first kappa shape index (κ1) is 11.3. The maximum Gasteiger partial charge on any atom is 0.407 e. The molecular weight excluding hydrogens is 178 g/mol. The molecule has 0 aromatic heterocycles. The molecule has 0 unspecified atom stereocenters. The van der Waals surface area contributed by atoms with Crippen molar-refractivity contribution < 1.29 is 9.53 Å². The topological polar surface area (TPSA) is 38.3 Å². The summed E-state index contributed by atoms with van der Waals surface area (Å²) in [6, 6.07) is 0.331. The van der Waals surface area contributed by atoms with Crippen LogP contribution >= 0.6 is 0 Å². The molecule has 1 fully saturated rings. The third-order valence-electron chi connectivity index (χ3n) is 3.22. The van der Waals surface area contributed by atoms with Gasteiger partial charge in [0, 0.05) is 6.04 Å². The van der Waals surface area contributed by atoms with Gasteiger partial charge in [-0.2, -0.15) is 0 Å². The Morgan fingerprint density at radius 2 is 1.86 bits per heavy atom. The first-order valence-electron chi connectivity index (χ1n) is 5.48. The van der Waals surface area contributed by atoms with Crippen LogP contribution in [-0.4, -0.2) is 19.2 Å². The Bertz CT molecular complexity index is 184. The lowest BCUT2D eigenvalue weighted by atomic mass is 9.80. The van der Waals surface area contributed by atoms with E-state index in [0.717, 1.165) is 24.7 Å². The SMILES string of the molecule is COC(=O)N[C@H]1CC[C@H](C(C)C)CC1. The average Bonchev–Trinajstić information content (AvgIpc) is 2.18. The lowest BCUT2D eigenvalue weighted by Crippen LogP contribution is -2.38. The van der Waals surface area contributed by atoms with Gasteiger partial charge in [-0.05, 0) is 37.5 Å². The van der Waals surface area contributed by atoms with E-state index in [-0.39, 0.29) is 6.09 Å². The lowest BCUT2D eigenvalue weighted by Gasteiger charge is -2.30. The number of amides is 1. The van der Waals surface area contributed by atoms with E-state index in [1.54, 1.807) is 0 Å². The van der Waals surface area contributed by atoms with Crippen LogP contribution in [0.5, 0.6) is 0 Å². The summed E-state index contributed by atoms with van der Waals surface area (Å²) in [7, 11) is 1.41. The summed E-state index contributed by atoms with van der Waals surface area (Å²) in [6.45, 7) is 4.55. The number of carbonyl (C=O) groups is 1. The molecule has 0 heterocycles. The van der Waals surface area contributed by atoms with Crippen molar-refractivity contribution >= 4 is 6.09 Å². The fourth-order valence-corrected chi connectivity index (χ4v) is 2.16. The van der Waals surface area contributed by atoms with E-state index >= 15 is 0 Å². The highest BCUT2D eigenvalue weighted by Gasteiger charge is 2.24. The van der Waals surface area contributed by atoms with Gasteiger partial charge in [0.1, 0.15) is 0 Å². The van der Waals surface area contributed by atoms with Crippen LogP contribution in [0.25, 0.3) is 0 Å². The van der Waals surface area contributed by atoms with Gasteiger partial charge in [0.15, 0.2) is 0 Å². The Labute approximate surface area is 86.2 Å². The van der Waals surface area contributed by atoms with E-state index in [9.17, 15) is 4.79 Å². The predicted molar refractivity (Wildman–Crippen MR) is 56.1 cm³/mol. The number of rotatable bonds is 2. The second-order valence-corrected chi connectivity index (χ2v) is 4.49. The minimum atomic E-state index is -0.294. The van der Waals surface area contributed by atoms with E-state index in [1.807, 2.05) is 0 Å². The highest BCUT2D eigenvalue weighted by Crippen LogP contribution is 2.29. The Kier molecular flexibility index (Phi) is 4.23. The number of alkyl carbamates (subject to hydrolysis) is 1. The van der Waals surface area contributed by atoms with E-state index < -0.39 is 0 Å². The molecule has 0 aromatic carbocycles. The van der Waals surface area contributed by atoms with Gasteiger partial charge in [0.05, 0.1) is 7.11 Å². The third kappa shape index (κ3) is 3.20. The van der Waals surface area contributed by atoms with Crippen molar-refractivity contribution in [2.75, 3.05) is 7.11 Å². The Hall–Kier alpha value is -0.730. The molecule has 1 aliphatic carbocycles. The summed E-state index contributed by atoms with van der Waals surface area (Å²) < 4.78 is 4.58. The molecule has 82 valence electrons. The molecule has 3 nitrogen and oxygen atoms in total. The number of hydrogen-bond acceptors (Lipinski definition) is 2. The summed E-state index contributed by atoms with van der Waals surface area (Å²) in [5.74, 6) is 1.61. The molecule has 14 heavy (non-hydrogen) atoms. The molecule has 1 aliphatic rings. The molecule has 1 saturated carbocycles. The second-order valence-electron chi connectivity index (χ2n) is 4.49.